The predicted molar refractivity (Wildman–Crippen MR) is 71.0 cm³/mol. The Kier molecular flexibility index (Phi) is 9.26. The Morgan fingerprint density at radius 1 is 1.27 bits per heavy atom. The molecule has 0 aliphatic rings. The molecule has 0 fully saturated rings. The van der Waals surface area contributed by atoms with Crippen LogP contribution in [0.1, 0.15) is 52.4 Å². The van der Waals surface area contributed by atoms with Crippen LogP contribution in [0.25, 0.3) is 0 Å². The van der Waals surface area contributed by atoms with E-state index in [0.29, 0.717) is 5.92 Å². The summed E-state index contributed by atoms with van der Waals surface area (Å²) >= 11 is 0. The molecule has 0 aromatic carbocycles. The molecule has 1 unspecified atom stereocenters. The lowest BCUT2D eigenvalue weighted by Gasteiger charge is -2.13. The highest BCUT2D eigenvalue weighted by Crippen LogP contribution is 2.21. The predicted octanol–water partition coefficient (Wildman–Crippen LogP) is 5.28. The van der Waals surface area contributed by atoms with Crippen LogP contribution >= 0.6 is 0 Å². The van der Waals surface area contributed by atoms with E-state index in [9.17, 15) is 0 Å². The van der Waals surface area contributed by atoms with Crippen LogP contribution in [0.3, 0.4) is 0 Å². The Bertz CT molecular complexity index is 198. The standard InChI is InChI=1S/C15H26/c1-5-9-10-12-15(11-6-2)13-14(7-3)8-4/h5,7,11,14H,1,3,6,8-10,12-13H2,2,4H3. The van der Waals surface area contributed by atoms with Crippen LogP contribution in [0.15, 0.2) is 37.0 Å². The second-order valence-electron chi connectivity index (χ2n) is 4.06. The number of unbranched alkanes of at least 4 members (excludes halogenated alkanes) is 1. The second-order valence-corrected chi connectivity index (χ2v) is 4.06. The zero-order chi connectivity index (χ0) is 11.5. The lowest BCUT2D eigenvalue weighted by atomic mass is 9.93. The van der Waals surface area contributed by atoms with Gasteiger partial charge in [0, 0.05) is 0 Å². The van der Waals surface area contributed by atoms with Crippen LogP contribution in [-0.2, 0) is 0 Å². The minimum Gasteiger partial charge on any atom is -0.103 e. The van der Waals surface area contributed by atoms with Crippen LogP contribution in [0.5, 0.6) is 0 Å². The average molecular weight is 206 g/mol. The maximum Gasteiger partial charge on any atom is -0.0202 e. The van der Waals surface area contributed by atoms with Crippen molar-refractivity contribution in [1.82, 2.24) is 0 Å². The molecule has 0 saturated heterocycles. The van der Waals surface area contributed by atoms with E-state index >= 15 is 0 Å². The van der Waals surface area contributed by atoms with Crippen LogP contribution in [0.4, 0.5) is 0 Å². The van der Waals surface area contributed by atoms with Gasteiger partial charge in [0.25, 0.3) is 0 Å². The largest absolute Gasteiger partial charge is 0.103 e. The molecule has 0 radical (unpaired) electrons. The summed E-state index contributed by atoms with van der Waals surface area (Å²) in [6.45, 7) is 12.1. The Morgan fingerprint density at radius 3 is 2.47 bits per heavy atom. The molecule has 0 N–H and O–H groups in total. The molecule has 0 aliphatic carbocycles. The third kappa shape index (κ3) is 7.18. The Hall–Kier alpha value is -0.780. The second kappa shape index (κ2) is 9.76. The van der Waals surface area contributed by atoms with Gasteiger partial charge in [-0.3, -0.25) is 0 Å². The van der Waals surface area contributed by atoms with Gasteiger partial charge >= 0.3 is 0 Å². The highest BCUT2D eigenvalue weighted by atomic mass is 14.1. The molecule has 86 valence electrons. The molecule has 0 aromatic heterocycles. The molecule has 0 heteroatoms. The minimum absolute atomic E-state index is 0.659. The first-order valence-corrected chi connectivity index (χ1v) is 6.19. The molecule has 0 aliphatic heterocycles. The summed E-state index contributed by atoms with van der Waals surface area (Å²) in [5.74, 6) is 0.659. The molecule has 15 heavy (non-hydrogen) atoms. The SMILES string of the molecule is C=CCCCC(=CCC)CC(C=C)CC. The number of allylic oxidation sites excluding steroid dienone is 4. The zero-order valence-corrected chi connectivity index (χ0v) is 10.5. The van der Waals surface area contributed by atoms with Crippen LogP contribution in [0, 0.1) is 5.92 Å². The summed E-state index contributed by atoms with van der Waals surface area (Å²) < 4.78 is 0. The monoisotopic (exact) mass is 206 g/mol. The summed E-state index contributed by atoms with van der Waals surface area (Å²) in [5.41, 5.74) is 1.60. The fraction of sp³-hybridized carbons (Fsp3) is 0.600. The maximum atomic E-state index is 3.90. The van der Waals surface area contributed by atoms with Gasteiger partial charge < -0.3 is 0 Å². The van der Waals surface area contributed by atoms with Gasteiger partial charge in [-0.25, -0.2) is 0 Å². The van der Waals surface area contributed by atoms with Crippen molar-refractivity contribution in [2.75, 3.05) is 0 Å². The first-order valence-electron chi connectivity index (χ1n) is 6.19. The molecular weight excluding hydrogens is 180 g/mol. The molecule has 0 bridgehead atoms. The quantitative estimate of drug-likeness (QED) is 0.355. The van der Waals surface area contributed by atoms with Crippen LogP contribution < -0.4 is 0 Å². The van der Waals surface area contributed by atoms with Crippen molar-refractivity contribution in [2.24, 2.45) is 5.92 Å². The number of hydrogen-bond donors (Lipinski definition) is 0. The van der Waals surface area contributed by atoms with E-state index in [0.717, 1.165) is 12.8 Å². The lowest BCUT2D eigenvalue weighted by molar-refractivity contribution is 0.600. The van der Waals surface area contributed by atoms with Gasteiger partial charge in [0.2, 0.25) is 0 Å². The average Bonchev–Trinajstić information content (AvgIpc) is 2.26. The number of hydrogen-bond acceptors (Lipinski definition) is 0. The van der Waals surface area contributed by atoms with Gasteiger partial charge in [-0.2, -0.15) is 0 Å². The molecule has 0 rings (SSSR count). The Morgan fingerprint density at radius 2 is 2.00 bits per heavy atom. The van der Waals surface area contributed by atoms with Crippen molar-refractivity contribution in [2.45, 2.75) is 52.4 Å². The summed E-state index contributed by atoms with van der Waals surface area (Å²) in [6.07, 6.45) is 13.6. The van der Waals surface area contributed by atoms with Crippen molar-refractivity contribution in [3.8, 4) is 0 Å². The Labute approximate surface area is 95.8 Å². The highest BCUT2D eigenvalue weighted by Gasteiger charge is 2.04. The summed E-state index contributed by atoms with van der Waals surface area (Å²) in [4.78, 5) is 0. The molecule has 1 atom stereocenters. The highest BCUT2D eigenvalue weighted by molar-refractivity contribution is 5.05. The van der Waals surface area contributed by atoms with Crippen molar-refractivity contribution in [3.63, 3.8) is 0 Å². The molecule has 0 heterocycles. The van der Waals surface area contributed by atoms with E-state index < -0.39 is 0 Å². The molecule has 0 aromatic rings. The Balaban J connectivity index is 4.08. The van der Waals surface area contributed by atoms with E-state index in [4.69, 9.17) is 0 Å². The van der Waals surface area contributed by atoms with E-state index in [1.807, 2.05) is 6.08 Å². The first kappa shape index (κ1) is 14.2. The van der Waals surface area contributed by atoms with Gasteiger partial charge in [-0.05, 0) is 44.4 Å². The molecule has 0 amide bonds. The van der Waals surface area contributed by atoms with Gasteiger partial charge in [0.1, 0.15) is 0 Å². The van der Waals surface area contributed by atoms with Gasteiger partial charge in [0.05, 0.1) is 0 Å². The van der Waals surface area contributed by atoms with Crippen molar-refractivity contribution < 1.29 is 0 Å². The van der Waals surface area contributed by atoms with Crippen molar-refractivity contribution in [1.29, 1.82) is 0 Å². The van der Waals surface area contributed by atoms with Crippen molar-refractivity contribution in [3.05, 3.63) is 37.0 Å². The minimum atomic E-state index is 0.659. The number of rotatable bonds is 9. The third-order valence-electron chi connectivity index (χ3n) is 2.78. The molecule has 0 nitrogen and oxygen atoms in total. The van der Waals surface area contributed by atoms with E-state index in [1.54, 1.807) is 5.57 Å². The van der Waals surface area contributed by atoms with Gasteiger partial charge in [-0.15, -0.1) is 13.2 Å². The third-order valence-corrected chi connectivity index (χ3v) is 2.78. The van der Waals surface area contributed by atoms with Gasteiger partial charge in [0.15, 0.2) is 0 Å². The van der Waals surface area contributed by atoms with Crippen molar-refractivity contribution >= 4 is 0 Å². The smallest absolute Gasteiger partial charge is 0.0202 e. The van der Waals surface area contributed by atoms with E-state index in [2.05, 4.69) is 39.2 Å². The maximum absolute atomic E-state index is 3.90. The van der Waals surface area contributed by atoms with Crippen LogP contribution in [0.2, 0.25) is 0 Å². The van der Waals surface area contributed by atoms with Crippen LogP contribution in [-0.4, -0.2) is 0 Å². The normalized spacial score (nSPS) is 13.6. The summed E-state index contributed by atoms with van der Waals surface area (Å²) in [6, 6.07) is 0. The first-order chi connectivity index (χ1) is 7.28. The van der Waals surface area contributed by atoms with E-state index in [-0.39, 0.29) is 0 Å². The fourth-order valence-electron chi connectivity index (χ4n) is 1.78. The zero-order valence-electron chi connectivity index (χ0n) is 10.5. The topological polar surface area (TPSA) is 0 Å². The summed E-state index contributed by atoms with van der Waals surface area (Å²) in [7, 11) is 0. The lowest BCUT2D eigenvalue weighted by Crippen LogP contribution is -1.97. The molecular formula is C15H26. The molecule has 0 saturated carbocycles. The summed E-state index contributed by atoms with van der Waals surface area (Å²) in [5, 5.41) is 0. The molecule has 0 spiro atoms. The van der Waals surface area contributed by atoms with Gasteiger partial charge in [-0.1, -0.05) is 37.6 Å². The fourth-order valence-corrected chi connectivity index (χ4v) is 1.78. The van der Waals surface area contributed by atoms with E-state index in [1.165, 1.54) is 25.7 Å².